The van der Waals surface area contributed by atoms with Crippen LogP contribution in [-0.2, 0) is 4.74 Å². The van der Waals surface area contributed by atoms with Gasteiger partial charge >= 0.3 is 18.1 Å². The minimum absolute atomic E-state index is 0.0924. The van der Waals surface area contributed by atoms with E-state index in [0.29, 0.717) is 4.90 Å². The van der Waals surface area contributed by atoms with E-state index in [1.807, 2.05) is 27.7 Å². The summed E-state index contributed by atoms with van der Waals surface area (Å²) in [5.74, 6) is 0. The number of urea groups is 2. The fourth-order valence-corrected chi connectivity index (χ4v) is 1.39. The first-order valence-electron chi connectivity index (χ1n) is 6.02. The largest absolute Gasteiger partial charge is 0.468 e. The van der Waals surface area contributed by atoms with E-state index in [-0.39, 0.29) is 11.3 Å². The lowest BCUT2D eigenvalue weighted by molar-refractivity contribution is 0.195. The van der Waals surface area contributed by atoms with Gasteiger partial charge in [-0.25, -0.2) is 9.59 Å². The van der Waals surface area contributed by atoms with Crippen molar-refractivity contribution >= 4 is 30.0 Å². The Labute approximate surface area is 118 Å². The molecule has 4 amide bonds. The maximum Gasteiger partial charge on any atom is 0.343 e. The molecule has 3 N–H and O–H groups in total. The molecule has 0 aromatic carbocycles. The van der Waals surface area contributed by atoms with Crippen molar-refractivity contribution in [3.05, 3.63) is 0 Å². The summed E-state index contributed by atoms with van der Waals surface area (Å²) < 4.78 is 7.15. The molecule has 0 bridgehead atoms. The Kier molecular flexibility index (Phi) is 7.97. The molecule has 0 aromatic heterocycles. The summed E-state index contributed by atoms with van der Waals surface area (Å²) in [4.78, 5) is 24.4. The topological polar surface area (TPSA) is 94.5 Å². The molecule has 0 aliphatic heterocycles. The molecule has 0 aliphatic rings. The van der Waals surface area contributed by atoms with Crippen molar-refractivity contribution in [3.8, 4) is 0 Å². The van der Waals surface area contributed by atoms with Crippen LogP contribution in [0.2, 0.25) is 0 Å². The lowest BCUT2D eigenvalue weighted by Crippen LogP contribution is -2.52. The van der Waals surface area contributed by atoms with Crippen LogP contribution in [0.25, 0.3) is 0 Å². The highest BCUT2D eigenvalue weighted by atomic mass is 32.2. The van der Waals surface area contributed by atoms with Gasteiger partial charge in [-0.15, -0.1) is 0 Å². The number of methoxy groups -OCH3 is 1. The summed E-state index contributed by atoms with van der Waals surface area (Å²) in [6, 6.07) is -2.00. The minimum atomic E-state index is -0.702. The molecule has 0 radical (unpaired) electrons. The number of hydrogen-bond acceptors (Lipinski definition) is 5. The number of carbonyl (C=O) groups is 2. The Morgan fingerprint density at radius 3 is 2.32 bits per heavy atom. The number of imide groups is 1. The smallest absolute Gasteiger partial charge is 0.343 e. The average Bonchev–Trinajstić information content (AvgIpc) is 2.35. The Morgan fingerprint density at radius 1 is 1.32 bits per heavy atom. The van der Waals surface area contributed by atoms with Gasteiger partial charge in [0.25, 0.3) is 0 Å². The Hall–Kier alpha value is -1.44. The average molecular weight is 290 g/mol. The van der Waals surface area contributed by atoms with E-state index in [0.717, 1.165) is 18.4 Å². The number of rotatable bonds is 4. The van der Waals surface area contributed by atoms with Gasteiger partial charge in [-0.2, -0.15) is 4.90 Å². The summed E-state index contributed by atoms with van der Waals surface area (Å²) in [6.07, 6.45) is 0.724. The van der Waals surface area contributed by atoms with Crippen molar-refractivity contribution in [1.82, 2.24) is 14.9 Å². The van der Waals surface area contributed by atoms with Crippen molar-refractivity contribution in [2.45, 2.75) is 45.4 Å². The summed E-state index contributed by atoms with van der Waals surface area (Å²) in [5, 5.41) is 10.3. The number of hydrogen-bond donors (Lipinski definition) is 3. The van der Waals surface area contributed by atoms with Gasteiger partial charge in [-0.05, 0) is 25.3 Å². The second-order valence-electron chi connectivity index (χ2n) is 4.18. The number of amidine groups is 1. The molecule has 110 valence electrons. The summed E-state index contributed by atoms with van der Waals surface area (Å²) in [6.45, 7) is 7.52. The van der Waals surface area contributed by atoms with Crippen LogP contribution in [0.5, 0.6) is 0 Å². The molecule has 7 nitrogen and oxygen atoms in total. The predicted molar refractivity (Wildman–Crippen MR) is 76.1 cm³/mol. The second kappa shape index (κ2) is 8.63. The lowest BCUT2D eigenvalue weighted by atomic mass is 10.3. The molecule has 0 spiro atoms. The molecule has 0 rings (SSSR count). The van der Waals surface area contributed by atoms with Crippen LogP contribution < -0.4 is 10.0 Å². The molecule has 0 saturated carbocycles. The van der Waals surface area contributed by atoms with Crippen LogP contribution in [-0.4, -0.2) is 41.4 Å². The highest BCUT2D eigenvalue weighted by molar-refractivity contribution is 7.98. The maximum atomic E-state index is 11.9. The molecule has 0 fully saturated rings. The first kappa shape index (κ1) is 17.6. The van der Waals surface area contributed by atoms with E-state index in [9.17, 15) is 9.59 Å². The van der Waals surface area contributed by atoms with Crippen molar-refractivity contribution in [2.24, 2.45) is 0 Å². The van der Waals surface area contributed by atoms with Crippen molar-refractivity contribution < 1.29 is 14.3 Å². The highest BCUT2D eigenvalue weighted by Crippen LogP contribution is 2.06. The third kappa shape index (κ3) is 6.32. The Morgan fingerprint density at radius 2 is 1.89 bits per heavy atom. The van der Waals surface area contributed by atoms with Crippen LogP contribution in [0.15, 0.2) is 0 Å². The third-order valence-corrected chi connectivity index (χ3v) is 2.93. The van der Waals surface area contributed by atoms with Gasteiger partial charge in [0.05, 0.1) is 7.11 Å². The normalized spacial score (nSPS) is 11.7. The molecular weight excluding hydrogens is 268 g/mol. The molecule has 8 heteroatoms. The molecule has 0 aliphatic carbocycles. The van der Waals surface area contributed by atoms with Gasteiger partial charge in [0.15, 0.2) is 0 Å². The number of ether oxygens (including phenoxy) is 1. The van der Waals surface area contributed by atoms with Crippen LogP contribution in [0.3, 0.4) is 0 Å². The molecule has 1 unspecified atom stereocenters. The molecule has 1 atom stereocenters. The first-order chi connectivity index (χ1) is 8.83. The van der Waals surface area contributed by atoms with Crippen LogP contribution in [0.1, 0.15) is 34.1 Å². The Balaban J connectivity index is 4.75. The van der Waals surface area contributed by atoms with Gasteiger partial charge in [-0.1, -0.05) is 20.8 Å². The standard InChI is InChI=1S/C11H22N4O3S/c1-6-8(4)13-10(16)15(9(12)18-5)11(17)14-19-7(2)3/h7-8,12H,6H2,1-5H3,(H,13,16)(H,14,17). The van der Waals surface area contributed by atoms with Gasteiger partial charge in [-0.3, -0.25) is 10.1 Å². The van der Waals surface area contributed by atoms with E-state index >= 15 is 0 Å². The monoisotopic (exact) mass is 290 g/mol. The van der Waals surface area contributed by atoms with Crippen LogP contribution >= 0.6 is 11.9 Å². The molecule has 0 heterocycles. The predicted octanol–water partition coefficient (Wildman–Crippen LogP) is 2.14. The number of carbonyl (C=O) groups excluding carboxylic acids is 2. The van der Waals surface area contributed by atoms with Crippen molar-refractivity contribution in [3.63, 3.8) is 0 Å². The summed E-state index contributed by atoms with van der Waals surface area (Å²) in [7, 11) is 1.23. The lowest BCUT2D eigenvalue weighted by Gasteiger charge is -2.22. The van der Waals surface area contributed by atoms with Gasteiger partial charge in [0.1, 0.15) is 0 Å². The maximum absolute atomic E-state index is 11.9. The van der Waals surface area contributed by atoms with Crippen LogP contribution in [0, 0.1) is 5.41 Å². The summed E-state index contributed by atoms with van der Waals surface area (Å²) >= 11 is 1.16. The van der Waals surface area contributed by atoms with Crippen LogP contribution in [0.4, 0.5) is 9.59 Å². The molecule has 0 aromatic rings. The quantitative estimate of drug-likeness (QED) is 0.420. The first-order valence-corrected chi connectivity index (χ1v) is 6.90. The van der Waals surface area contributed by atoms with E-state index in [1.165, 1.54) is 7.11 Å². The van der Waals surface area contributed by atoms with Crippen molar-refractivity contribution in [2.75, 3.05) is 7.11 Å². The van der Waals surface area contributed by atoms with E-state index in [4.69, 9.17) is 5.41 Å². The van der Waals surface area contributed by atoms with E-state index in [2.05, 4.69) is 14.8 Å². The molecule has 19 heavy (non-hydrogen) atoms. The zero-order chi connectivity index (χ0) is 15.0. The minimum Gasteiger partial charge on any atom is -0.468 e. The zero-order valence-electron chi connectivity index (χ0n) is 11.9. The number of amides is 4. The Bertz CT molecular complexity index is 336. The second-order valence-corrected chi connectivity index (χ2v) is 5.56. The van der Waals surface area contributed by atoms with Crippen molar-refractivity contribution in [1.29, 1.82) is 5.41 Å². The molecular formula is C11H22N4O3S. The SMILES string of the molecule is CCC(C)NC(=O)N(C(=N)OC)C(=O)NSC(C)C. The fraction of sp³-hybridized carbons (Fsp3) is 0.727. The summed E-state index contributed by atoms with van der Waals surface area (Å²) in [5.41, 5.74) is 0. The van der Waals surface area contributed by atoms with E-state index in [1.54, 1.807) is 0 Å². The van der Waals surface area contributed by atoms with Gasteiger partial charge < -0.3 is 10.1 Å². The zero-order valence-corrected chi connectivity index (χ0v) is 12.8. The third-order valence-electron chi connectivity index (χ3n) is 2.17. The molecule has 0 saturated heterocycles. The number of nitrogens with one attached hydrogen (secondary N) is 3. The highest BCUT2D eigenvalue weighted by Gasteiger charge is 2.28. The van der Waals surface area contributed by atoms with E-state index < -0.39 is 18.1 Å². The van der Waals surface area contributed by atoms with Gasteiger partial charge in [0, 0.05) is 11.3 Å². The fourth-order valence-electron chi connectivity index (χ4n) is 0.959. The number of nitrogens with zero attached hydrogens (tertiary/aromatic N) is 1. The van der Waals surface area contributed by atoms with Gasteiger partial charge in [0.2, 0.25) is 0 Å².